The molecule has 0 aliphatic rings. The Morgan fingerprint density at radius 3 is 2.77 bits per heavy atom. The first-order valence-corrected chi connectivity index (χ1v) is 9.34. The first-order valence-electron chi connectivity index (χ1n) is 8.47. The lowest BCUT2D eigenvalue weighted by Gasteiger charge is -2.11. The van der Waals surface area contributed by atoms with Gasteiger partial charge in [0.05, 0.1) is 12.2 Å². The van der Waals surface area contributed by atoms with E-state index in [1.807, 2.05) is 37.4 Å². The Kier molecular flexibility index (Phi) is 10.5. The lowest BCUT2D eigenvalue weighted by molar-refractivity contribution is 0.624. The van der Waals surface area contributed by atoms with Crippen LogP contribution in [0.3, 0.4) is 0 Å². The highest BCUT2D eigenvalue weighted by Gasteiger charge is 2.04. The largest absolute Gasteiger partial charge is 0.357 e. The molecule has 0 fully saturated rings. The van der Waals surface area contributed by atoms with Gasteiger partial charge in [-0.15, -0.1) is 35.3 Å². The van der Waals surface area contributed by atoms with Crippen molar-refractivity contribution in [2.75, 3.05) is 32.1 Å². The molecule has 1 aromatic carbocycles. The molecule has 26 heavy (non-hydrogen) atoms. The second-order valence-corrected chi connectivity index (χ2v) is 6.71. The summed E-state index contributed by atoms with van der Waals surface area (Å²) in [7, 11) is 3.96. The predicted molar refractivity (Wildman–Crippen MR) is 119 cm³/mol. The van der Waals surface area contributed by atoms with Crippen LogP contribution in [0.4, 0.5) is 9.52 Å². The Balaban J connectivity index is 0.00000338. The smallest absolute Gasteiger partial charge is 0.191 e. The third-order valence-corrected chi connectivity index (χ3v) is 4.55. The van der Waals surface area contributed by atoms with Gasteiger partial charge in [0.15, 0.2) is 11.1 Å². The summed E-state index contributed by atoms with van der Waals surface area (Å²) in [6.45, 7) is 4.17. The molecule has 0 saturated heterocycles. The normalized spacial score (nSPS) is 11.0. The SMILES string of the molecule is CCNC(=NCc1csc(N(C)C)n1)NCCCc1cccc(F)c1.I. The summed E-state index contributed by atoms with van der Waals surface area (Å²) >= 11 is 1.62. The van der Waals surface area contributed by atoms with E-state index in [0.717, 1.165) is 48.3 Å². The Labute approximate surface area is 176 Å². The van der Waals surface area contributed by atoms with E-state index in [0.29, 0.717) is 6.54 Å². The standard InChI is InChI=1S/C18H26FN5S.HI/c1-4-20-17(22-12-16-13-25-18(23-16)24(2)3)21-10-6-8-14-7-5-9-15(19)11-14;/h5,7,9,11,13H,4,6,8,10,12H2,1-3H3,(H2,20,21,22);1H. The number of hydrogen-bond acceptors (Lipinski definition) is 4. The lowest BCUT2D eigenvalue weighted by atomic mass is 10.1. The molecule has 5 nitrogen and oxygen atoms in total. The fraction of sp³-hybridized carbons (Fsp3) is 0.444. The Morgan fingerprint density at radius 1 is 1.31 bits per heavy atom. The van der Waals surface area contributed by atoms with Crippen molar-refractivity contribution in [2.24, 2.45) is 4.99 Å². The predicted octanol–water partition coefficient (Wildman–Crippen LogP) is 3.65. The minimum atomic E-state index is -0.180. The third kappa shape index (κ3) is 7.86. The van der Waals surface area contributed by atoms with Crippen LogP contribution in [0.25, 0.3) is 0 Å². The summed E-state index contributed by atoms with van der Waals surface area (Å²) in [5.74, 6) is 0.599. The summed E-state index contributed by atoms with van der Waals surface area (Å²) in [6, 6.07) is 6.76. The molecule has 0 unspecified atom stereocenters. The van der Waals surface area contributed by atoms with Crippen LogP contribution in [-0.2, 0) is 13.0 Å². The van der Waals surface area contributed by atoms with Crippen LogP contribution in [0.1, 0.15) is 24.6 Å². The number of nitrogens with one attached hydrogen (secondary N) is 2. The zero-order valence-corrected chi connectivity index (χ0v) is 18.6. The molecule has 0 radical (unpaired) electrons. The van der Waals surface area contributed by atoms with Crippen LogP contribution < -0.4 is 15.5 Å². The molecule has 0 bridgehead atoms. The lowest BCUT2D eigenvalue weighted by Crippen LogP contribution is -2.37. The van der Waals surface area contributed by atoms with Gasteiger partial charge in [-0.05, 0) is 37.5 Å². The van der Waals surface area contributed by atoms with Crippen molar-refractivity contribution in [3.63, 3.8) is 0 Å². The van der Waals surface area contributed by atoms with E-state index in [1.165, 1.54) is 6.07 Å². The van der Waals surface area contributed by atoms with Crippen molar-refractivity contribution in [1.82, 2.24) is 15.6 Å². The number of nitrogens with zero attached hydrogens (tertiary/aromatic N) is 3. The first-order chi connectivity index (χ1) is 12.1. The average Bonchev–Trinajstić information content (AvgIpc) is 3.06. The highest BCUT2D eigenvalue weighted by atomic mass is 127. The van der Waals surface area contributed by atoms with Crippen LogP contribution in [0.5, 0.6) is 0 Å². The number of halogens is 2. The molecule has 2 aromatic rings. The van der Waals surface area contributed by atoms with Gasteiger partial charge in [0.25, 0.3) is 0 Å². The fourth-order valence-electron chi connectivity index (χ4n) is 2.27. The molecule has 0 spiro atoms. The van der Waals surface area contributed by atoms with Gasteiger partial charge < -0.3 is 15.5 Å². The molecule has 8 heteroatoms. The van der Waals surface area contributed by atoms with Crippen molar-refractivity contribution in [3.05, 3.63) is 46.7 Å². The van der Waals surface area contributed by atoms with Crippen LogP contribution in [0, 0.1) is 5.82 Å². The molecule has 1 heterocycles. The van der Waals surface area contributed by atoms with E-state index < -0.39 is 0 Å². The van der Waals surface area contributed by atoms with Gasteiger partial charge in [-0.1, -0.05) is 12.1 Å². The molecular formula is C18H27FIN5S. The monoisotopic (exact) mass is 491 g/mol. The maximum atomic E-state index is 13.2. The number of aromatic nitrogens is 1. The molecule has 2 rings (SSSR count). The van der Waals surface area contributed by atoms with Gasteiger partial charge in [-0.3, -0.25) is 0 Å². The Bertz CT molecular complexity index is 690. The number of hydrogen-bond donors (Lipinski definition) is 2. The number of aliphatic imine (C=N–C) groups is 1. The highest BCUT2D eigenvalue weighted by molar-refractivity contribution is 14.0. The minimum absolute atomic E-state index is 0. The van der Waals surface area contributed by atoms with Crippen molar-refractivity contribution < 1.29 is 4.39 Å². The summed E-state index contributed by atoms with van der Waals surface area (Å²) in [6.07, 6.45) is 1.75. The van der Waals surface area contributed by atoms with E-state index in [2.05, 4.69) is 20.6 Å². The topological polar surface area (TPSA) is 52.6 Å². The van der Waals surface area contributed by atoms with E-state index in [9.17, 15) is 4.39 Å². The molecule has 2 N–H and O–H groups in total. The minimum Gasteiger partial charge on any atom is -0.357 e. The van der Waals surface area contributed by atoms with Gasteiger partial charge >= 0.3 is 0 Å². The average molecular weight is 491 g/mol. The summed E-state index contributed by atoms with van der Waals surface area (Å²) in [4.78, 5) is 11.1. The van der Waals surface area contributed by atoms with E-state index in [-0.39, 0.29) is 29.8 Å². The number of benzene rings is 1. The van der Waals surface area contributed by atoms with Crippen molar-refractivity contribution >= 4 is 46.4 Å². The van der Waals surface area contributed by atoms with Gasteiger partial charge in [-0.25, -0.2) is 14.4 Å². The van der Waals surface area contributed by atoms with Crippen molar-refractivity contribution in [2.45, 2.75) is 26.3 Å². The molecule has 0 aliphatic carbocycles. The third-order valence-electron chi connectivity index (χ3n) is 3.49. The molecule has 0 amide bonds. The fourth-order valence-corrected chi connectivity index (χ4v) is 3.02. The number of anilines is 1. The Morgan fingerprint density at radius 2 is 2.12 bits per heavy atom. The zero-order valence-electron chi connectivity index (χ0n) is 15.5. The maximum Gasteiger partial charge on any atom is 0.191 e. The number of aryl methyl sites for hydroxylation is 1. The second kappa shape index (κ2) is 12.1. The number of rotatable bonds is 8. The summed E-state index contributed by atoms with van der Waals surface area (Å²) in [5.41, 5.74) is 1.98. The number of guanidine groups is 1. The maximum absolute atomic E-state index is 13.2. The van der Waals surface area contributed by atoms with E-state index in [1.54, 1.807) is 23.5 Å². The first kappa shape index (κ1) is 22.6. The van der Waals surface area contributed by atoms with Crippen LogP contribution >= 0.6 is 35.3 Å². The number of thiazole rings is 1. The van der Waals surface area contributed by atoms with E-state index in [4.69, 9.17) is 0 Å². The van der Waals surface area contributed by atoms with Crippen LogP contribution in [-0.4, -0.2) is 38.1 Å². The molecule has 144 valence electrons. The van der Waals surface area contributed by atoms with Gasteiger partial charge in [0.1, 0.15) is 5.82 Å². The molecule has 0 aliphatic heterocycles. The van der Waals surface area contributed by atoms with Crippen LogP contribution in [0.2, 0.25) is 0 Å². The zero-order chi connectivity index (χ0) is 18.1. The second-order valence-electron chi connectivity index (χ2n) is 5.87. The molecular weight excluding hydrogens is 464 g/mol. The Hall–Kier alpha value is -1.42. The van der Waals surface area contributed by atoms with Gasteiger partial charge in [0, 0.05) is 32.6 Å². The quantitative estimate of drug-likeness (QED) is 0.256. The van der Waals surface area contributed by atoms with Gasteiger partial charge in [-0.2, -0.15) is 0 Å². The molecule has 1 aromatic heterocycles. The van der Waals surface area contributed by atoms with Crippen LogP contribution in [0.15, 0.2) is 34.6 Å². The molecule has 0 saturated carbocycles. The van der Waals surface area contributed by atoms with Crippen molar-refractivity contribution in [3.8, 4) is 0 Å². The summed E-state index contributed by atoms with van der Waals surface area (Å²) in [5, 5.41) is 9.57. The molecule has 0 atom stereocenters. The van der Waals surface area contributed by atoms with Gasteiger partial charge in [0.2, 0.25) is 0 Å². The summed E-state index contributed by atoms with van der Waals surface area (Å²) < 4.78 is 13.2. The van der Waals surface area contributed by atoms with E-state index >= 15 is 0 Å². The highest BCUT2D eigenvalue weighted by Crippen LogP contribution is 2.18. The van der Waals surface area contributed by atoms with Crippen molar-refractivity contribution in [1.29, 1.82) is 0 Å².